The number of fused-ring (bicyclic) bond motifs is 2. The van der Waals surface area contributed by atoms with E-state index in [1.807, 2.05) is 6.07 Å². The lowest BCUT2D eigenvalue weighted by Crippen LogP contribution is -1.98. The highest BCUT2D eigenvalue weighted by atomic mass is 16.1. The number of pyridine rings is 1. The monoisotopic (exact) mass is 197 g/mol. The van der Waals surface area contributed by atoms with Gasteiger partial charge in [-0.05, 0) is 24.3 Å². The zero-order chi connectivity index (χ0) is 10.3. The van der Waals surface area contributed by atoms with Crippen LogP contribution in [-0.2, 0) is 0 Å². The normalized spacial score (nSPS) is 10.9. The highest BCUT2D eigenvalue weighted by Crippen LogP contribution is 2.09. The first-order valence-electron chi connectivity index (χ1n) is 4.57. The van der Waals surface area contributed by atoms with E-state index in [0.29, 0.717) is 16.4 Å². The summed E-state index contributed by atoms with van der Waals surface area (Å²) in [6.45, 7) is 0. The topological polar surface area (TPSA) is 58.6 Å². The van der Waals surface area contributed by atoms with Gasteiger partial charge in [0.25, 0.3) is 0 Å². The van der Waals surface area contributed by atoms with E-state index >= 15 is 0 Å². The molecular formula is C11H7N3O. The van der Waals surface area contributed by atoms with Crippen molar-refractivity contribution in [3.63, 3.8) is 0 Å². The number of H-pyrrole nitrogens is 1. The van der Waals surface area contributed by atoms with Gasteiger partial charge in [0.05, 0.1) is 5.52 Å². The van der Waals surface area contributed by atoms with Gasteiger partial charge in [-0.15, -0.1) is 0 Å². The minimum absolute atomic E-state index is 0.0839. The number of rotatable bonds is 0. The first-order chi connectivity index (χ1) is 7.36. The predicted molar refractivity (Wildman–Crippen MR) is 57.7 cm³/mol. The van der Waals surface area contributed by atoms with Crippen LogP contribution in [0.1, 0.15) is 0 Å². The van der Waals surface area contributed by atoms with Gasteiger partial charge >= 0.3 is 0 Å². The molecule has 3 rings (SSSR count). The molecule has 0 fully saturated rings. The highest BCUT2D eigenvalue weighted by Gasteiger charge is 2.03. The minimum Gasteiger partial charge on any atom is -0.361 e. The van der Waals surface area contributed by atoms with Gasteiger partial charge in [-0.1, -0.05) is 0 Å². The van der Waals surface area contributed by atoms with Gasteiger partial charge in [0.1, 0.15) is 11.8 Å². The van der Waals surface area contributed by atoms with E-state index in [2.05, 4.69) is 15.0 Å². The average molecular weight is 197 g/mol. The summed E-state index contributed by atoms with van der Waals surface area (Å²) in [6.07, 6.45) is 3.19. The maximum Gasteiger partial charge on any atom is 0.215 e. The number of imidazole rings is 1. The van der Waals surface area contributed by atoms with Crippen LogP contribution in [0, 0.1) is 0 Å². The Kier molecular flexibility index (Phi) is 1.56. The Morgan fingerprint density at radius 2 is 2.07 bits per heavy atom. The van der Waals surface area contributed by atoms with Crippen molar-refractivity contribution < 1.29 is 0 Å². The molecule has 1 N–H and O–H groups in total. The SMILES string of the molecule is O=c1c2ccc[nH]c2ccc2ncnc12. The maximum atomic E-state index is 12.0. The van der Waals surface area contributed by atoms with E-state index < -0.39 is 0 Å². The Hall–Kier alpha value is -2.23. The molecule has 0 spiro atoms. The third-order valence-electron chi connectivity index (χ3n) is 2.38. The third kappa shape index (κ3) is 1.11. The molecule has 0 bridgehead atoms. The number of aromatic nitrogens is 3. The first kappa shape index (κ1) is 8.11. The van der Waals surface area contributed by atoms with Crippen molar-refractivity contribution in [2.45, 2.75) is 0 Å². The standard InChI is InChI=1S/C11H7N3O/c15-11-7-2-1-5-12-8(7)3-4-9-10(11)14-6-13-9/h1-6,12H. The summed E-state index contributed by atoms with van der Waals surface area (Å²) in [5.74, 6) is 0. The molecule has 1 aromatic carbocycles. The van der Waals surface area contributed by atoms with Crippen LogP contribution < -0.4 is 5.43 Å². The Morgan fingerprint density at radius 3 is 3.00 bits per heavy atom. The van der Waals surface area contributed by atoms with Crippen LogP contribution in [-0.4, -0.2) is 15.0 Å². The Labute approximate surface area is 84.6 Å². The molecule has 0 saturated heterocycles. The summed E-state index contributed by atoms with van der Waals surface area (Å²) in [6, 6.07) is 7.21. The minimum atomic E-state index is -0.0839. The summed E-state index contributed by atoms with van der Waals surface area (Å²) in [4.78, 5) is 23.0. The smallest absolute Gasteiger partial charge is 0.215 e. The van der Waals surface area contributed by atoms with E-state index in [9.17, 15) is 4.79 Å². The summed E-state index contributed by atoms with van der Waals surface area (Å²) in [5, 5.41) is 0.632. The van der Waals surface area contributed by atoms with Crippen molar-refractivity contribution in [1.82, 2.24) is 15.0 Å². The summed E-state index contributed by atoms with van der Waals surface area (Å²) >= 11 is 0. The summed E-state index contributed by atoms with van der Waals surface area (Å²) in [5.41, 5.74) is 1.76. The number of nitrogens with one attached hydrogen (secondary N) is 1. The second-order valence-corrected chi connectivity index (χ2v) is 3.27. The number of aromatic amines is 1. The molecule has 0 atom stereocenters. The number of hydrogen-bond donors (Lipinski definition) is 1. The van der Waals surface area contributed by atoms with Crippen molar-refractivity contribution in [3.8, 4) is 0 Å². The van der Waals surface area contributed by atoms with Gasteiger partial charge in [0, 0.05) is 17.1 Å². The Morgan fingerprint density at radius 1 is 1.13 bits per heavy atom. The largest absolute Gasteiger partial charge is 0.361 e. The van der Waals surface area contributed by atoms with E-state index in [0.717, 1.165) is 5.52 Å². The molecule has 3 aromatic rings. The molecule has 72 valence electrons. The van der Waals surface area contributed by atoms with Crippen LogP contribution in [0.3, 0.4) is 0 Å². The molecule has 0 aliphatic carbocycles. The Bertz CT molecular complexity index is 703. The van der Waals surface area contributed by atoms with E-state index in [-0.39, 0.29) is 5.43 Å². The molecule has 4 heteroatoms. The van der Waals surface area contributed by atoms with Gasteiger partial charge in [0.15, 0.2) is 0 Å². The van der Waals surface area contributed by atoms with Crippen LogP contribution in [0.15, 0.2) is 41.6 Å². The molecular weight excluding hydrogens is 190 g/mol. The second kappa shape index (κ2) is 2.88. The molecule has 2 heterocycles. The molecule has 4 nitrogen and oxygen atoms in total. The third-order valence-corrected chi connectivity index (χ3v) is 2.38. The van der Waals surface area contributed by atoms with Crippen LogP contribution >= 0.6 is 0 Å². The van der Waals surface area contributed by atoms with Crippen LogP contribution in [0.4, 0.5) is 0 Å². The van der Waals surface area contributed by atoms with Crippen LogP contribution in [0.5, 0.6) is 0 Å². The molecule has 15 heavy (non-hydrogen) atoms. The number of hydrogen-bond acceptors (Lipinski definition) is 3. The lowest BCUT2D eigenvalue weighted by molar-refractivity contribution is 1.34. The lowest BCUT2D eigenvalue weighted by Gasteiger charge is -1.89. The van der Waals surface area contributed by atoms with Gasteiger partial charge in [-0.25, -0.2) is 9.97 Å². The first-order valence-corrected chi connectivity index (χ1v) is 4.57. The van der Waals surface area contributed by atoms with Gasteiger partial charge in [-0.3, -0.25) is 4.79 Å². The van der Waals surface area contributed by atoms with Crippen LogP contribution in [0.2, 0.25) is 0 Å². The quantitative estimate of drug-likeness (QED) is 0.593. The fourth-order valence-electron chi connectivity index (χ4n) is 1.65. The second-order valence-electron chi connectivity index (χ2n) is 3.27. The van der Waals surface area contributed by atoms with E-state index in [4.69, 9.17) is 0 Å². The van der Waals surface area contributed by atoms with Crippen LogP contribution in [0.25, 0.3) is 21.9 Å². The van der Waals surface area contributed by atoms with E-state index in [1.54, 1.807) is 24.4 Å². The van der Waals surface area contributed by atoms with Gasteiger partial charge in [-0.2, -0.15) is 0 Å². The highest BCUT2D eigenvalue weighted by molar-refractivity contribution is 5.87. The zero-order valence-corrected chi connectivity index (χ0v) is 7.77. The summed E-state index contributed by atoms with van der Waals surface area (Å²) in [7, 11) is 0. The predicted octanol–water partition coefficient (Wildman–Crippen LogP) is 1.47. The average Bonchev–Trinajstić information content (AvgIpc) is 2.69. The maximum absolute atomic E-state index is 12.0. The fourth-order valence-corrected chi connectivity index (χ4v) is 1.65. The van der Waals surface area contributed by atoms with Gasteiger partial charge < -0.3 is 4.98 Å². The van der Waals surface area contributed by atoms with Crippen molar-refractivity contribution in [3.05, 3.63) is 47.0 Å². The Balaban J connectivity index is 2.71. The molecule has 0 amide bonds. The number of nitrogens with zero attached hydrogens (tertiary/aromatic N) is 2. The van der Waals surface area contributed by atoms with Crippen molar-refractivity contribution in [1.29, 1.82) is 0 Å². The molecule has 0 unspecified atom stereocenters. The molecule has 0 saturated carbocycles. The van der Waals surface area contributed by atoms with E-state index in [1.165, 1.54) is 6.33 Å². The van der Waals surface area contributed by atoms with Crippen molar-refractivity contribution in [2.75, 3.05) is 0 Å². The molecule has 0 aliphatic heterocycles. The molecule has 0 aliphatic rings. The van der Waals surface area contributed by atoms with Crippen molar-refractivity contribution in [2.24, 2.45) is 0 Å². The van der Waals surface area contributed by atoms with Gasteiger partial charge in [0.2, 0.25) is 5.43 Å². The fraction of sp³-hybridized carbons (Fsp3) is 0. The summed E-state index contributed by atoms with van der Waals surface area (Å²) < 4.78 is 0. The zero-order valence-electron chi connectivity index (χ0n) is 7.77. The molecule has 2 aromatic heterocycles. The molecule has 0 radical (unpaired) electrons. The lowest BCUT2D eigenvalue weighted by atomic mass is 10.3. The van der Waals surface area contributed by atoms with Crippen molar-refractivity contribution >= 4 is 21.9 Å².